The van der Waals surface area contributed by atoms with Crippen LogP contribution in [0.2, 0.25) is 0 Å². The third-order valence-electron chi connectivity index (χ3n) is 10.6. The highest BCUT2D eigenvalue weighted by atomic mass is 16.4. The van der Waals surface area contributed by atoms with Crippen LogP contribution in [0.4, 0.5) is 0 Å². The van der Waals surface area contributed by atoms with Crippen LogP contribution in [0.1, 0.15) is 110 Å². The van der Waals surface area contributed by atoms with Gasteiger partial charge in [0.25, 0.3) is 11.8 Å². The molecule has 2 aliphatic heterocycles. The molecule has 0 spiro atoms. The molecule has 2 heterocycles. The molecule has 15 heteroatoms. The van der Waals surface area contributed by atoms with E-state index in [1.54, 1.807) is 38.1 Å². The van der Waals surface area contributed by atoms with Crippen molar-refractivity contribution < 1.29 is 54.0 Å². The minimum atomic E-state index is -1.13. The van der Waals surface area contributed by atoms with Gasteiger partial charge in [0.2, 0.25) is 0 Å². The Kier molecular flexibility index (Phi) is 12.5. The molecular formula is C41H48N4O11. The fourth-order valence-electron chi connectivity index (χ4n) is 6.11. The standard InChI is InChI=1S/2C15H18N2O3.C11H12O5/c1-8(2)15(4)14(20)16-12(17-15)11-7-9(3)5-6-10(11)13(18)19;1-8(2)15(4)14(20)16-12(17-15)10-6-5-9(3)7-11(10)13(18)19;12-7-3-6(11(15)16)4-8(13)9(7)10(14)5-1-2-5/h2*5-8H,1-4H3,(H,18,19)(H,16,17,20);5-6,14H,1-4H2,(H,15,16). The molecule has 2 amide bonds. The number of hydrogen-bond acceptors (Lipinski definition) is 10. The minimum absolute atomic E-state index is 0.0260. The van der Waals surface area contributed by atoms with Crippen LogP contribution < -0.4 is 10.6 Å². The van der Waals surface area contributed by atoms with Crippen LogP contribution >= 0.6 is 0 Å². The largest absolute Gasteiger partial charge is 0.511 e. The molecule has 56 heavy (non-hydrogen) atoms. The second kappa shape index (κ2) is 16.4. The number of nitrogens with one attached hydrogen (secondary N) is 2. The zero-order valence-electron chi connectivity index (χ0n) is 32.6. The smallest absolute Gasteiger partial charge is 0.336 e. The Hall–Kier alpha value is -5.99. The monoisotopic (exact) mass is 772 g/mol. The number of carbonyl (C=O) groups is 7. The van der Waals surface area contributed by atoms with Crippen molar-refractivity contribution in [3.8, 4) is 0 Å². The fourth-order valence-corrected chi connectivity index (χ4v) is 6.11. The second-order valence-corrected chi connectivity index (χ2v) is 15.5. The summed E-state index contributed by atoms with van der Waals surface area (Å²) >= 11 is 0. The van der Waals surface area contributed by atoms with Crippen LogP contribution in [0, 0.1) is 37.5 Å². The average Bonchev–Trinajstić information content (AvgIpc) is 3.85. The first-order chi connectivity index (χ1) is 26.0. The van der Waals surface area contributed by atoms with Gasteiger partial charge in [-0.15, -0.1) is 0 Å². The quantitative estimate of drug-likeness (QED) is 0.121. The highest BCUT2D eigenvalue weighted by Crippen LogP contribution is 2.39. The predicted octanol–water partition coefficient (Wildman–Crippen LogP) is 4.81. The lowest BCUT2D eigenvalue weighted by Gasteiger charge is -2.21. The number of benzene rings is 2. The van der Waals surface area contributed by atoms with E-state index in [1.165, 1.54) is 6.07 Å². The Morgan fingerprint density at radius 3 is 1.52 bits per heavy atom. The molecule has 0 saturated heterocycles. The van der Waals surface area contributed by atoms with Crippen molar-refractivity contribution >= 4 is 53.0 Å². The number of amides is 2. The first-order valence-corrected chi connectivity index (χ1v) is 18.2. The molecule has 2 atom stereocenters. The molecule has 2 unspecified atom stereocenters. The van der Waals surface area contributed by atoms with Crippen LogP contribution in [0.3, 0.4) is 0 Å². The molecule has 2 aliphatic carbocycles. The van der Waals surface area contributed by atoms with Gasteiger partial charge in [-0.2, -0.15) is 0 Å². The van der Waals surface area contributed by atoms with Gasteiger partial charge < -0.3 is 31.1 Å². The summed E-state index contributed by atoms with van der Waals surface area (Å²) in [5.74, 6) is -5.05. The van der Waals surface area contributed by atoms with E-state index in [0.29, 0.717) is 22.8 Å². The number of Topliss-reactive ketones (excluding diaryl/α,β-unsaturated/α-hetero) is 2. The topological polar surface area (TPSA) is 249 Å². The summed E-state index contributed by atoms with van der Waals surface area (Å²) in [6.45, 7) is 14.9. The lowest BCUT2D eigenvalue weighted by molar-refractivity contribution is -0.146. The third kappa shape index (κ3) is 8.93. The second-order valence-electron chi connectivity index (χ2n) is 15.5. The molecule has 15 nitrogen and oxygen atoms in total. The van der Waals surface area contributed by atoms with Gasteiger partial charge in [-0.1, -0.05) is 57.0 Å². The van der Waals surface area contributed by atoms with E-state index in [1.807, 2.05) is 47.6 Å². The number of rotatable bonds is 8. The maximum absolute atomic E-state index is 12.1. The Labute approximate surface area is 324 Å². The Morgan fingerprint density at radius 1 is 0.661 bits per heavy atom. The highest BCUT2D eigenvalue weighted by Gasteiger charge is 2.44. The van der Waals surface area contributed by atoms with Crippen LogP contribution in [0.25, 0.3) is 0 Å². The van der Waals surface area contributed by atoms with Gasteiger partial charge in [-0.3, -0.25) is 34.0 Å². The van der Waals surface area contributed by atoms with Gasteiger partial charge in [0.1, 0.15) is 28.5 Å². The molecular weight excluding hydrogens is 724 g/mol. The number of allylic oxidation sites excluding steroid dienone is 2. The highest BCUT2D eigenvalue weighted by molar-refractivity contribution is 6.23. The van der Waals surface area contributed by atoms with Crippen molar-refractivity contribution in [1.29, 1.82) is 0 Å². The van der Waals surface area contributed by atoms with E-state index in [2.05, 4.69) is 20.6 Å². The Balaban J connectivity index is 0.000000188. The Bertz CT molecular complexity index is 2090. The zero-order chi connectivity index (χ0) is 42.0. The summed E-state index contributed by atoms with van der Waals surface area (Å²) in [5.41, 5.74) is 1.10. The maximum Gasteiger partial charge on any atom is 0.336 e. The number of aliphatic hydroxyl groups is 1. The number of aromatic carboxylic acids is 2. The van der Waals surface area contributed by atoms with E-state index in [-0.39, 0.29) is 64.9 Å². The number of carbonyl (C=O) groups excluding carboxylic acids is 4. The molecule has 298 valence electrons. The van der Waals surface area contributed by atoms with Crippen molar-refractivity contribution in [3.05, 3.63) is 81.1 Å². The number of carboxylic acids is 3. The molecule has 0 aromatic heterocycles. The Morgan fingerprint density at radius 2 is 1.11 bits per heavy atom. The molecule has 2 aromatic carbocycles. The molecule has 2 saturated carbocycles. The van der Waals surface area contributed by atoms with Gasteiger partial charge in [0, 0.05) is 29.9 Å². The number of hydrogen-bond donors (Lipinski definition) is 6. The average molecular weight is 773 g/mol. The van der Waals surface area contributed by atoms with E-state index < -0.39 is 46.5 Å². The molecule has 2 fully saturated rings. The van der Waals surface area contributed by atoms with E-state index in [4.69, 9.17) is 5.11 Å². The summed E-state index contributed by atoms with van der Waals surface area (Å²) in [4.78, 5) is 89.6. The summed E-state index contributed by atoms with van der Waals surface area (Å²) in [6.07, 6.45) is 1.21. The van der Waals surface area contributed by atoms with Gasteiger partial charge in [0.05, 0.1) is 22.6 Å². The molecule has 4 aliphatic rings. The molecule has 0 radical (unpaired) electrons. The van der Waals surface area contributed by atoms with Gasteiger partial charge in [-0.25, -0.2) is 9.59 Å². The zero-order valence-corrected chi connectivity index (χ0v) is 32.6. The third-order valence-corrected chi connectivity index (χ3v) is 10.6. The number of aliphatic imine (C=N–C) groups is 2. The van der Waals surface area contributed by atoms with Crippen molar-refractivity contribution in [3.63, 3.8) is 0 Å². The number of aryl methyl sites for hydroxylation is 2. The number of amidine groups is 2. The van der Waals surface area contributed by atoms with E-state index >= 15 is 0 Å². The summed E-state index contributed by atoms with van der Waals surface area (Å²) in [6, 6.07) is 10.1. The SMILES string of the molecule is Cc1ccc(C(=O)O)c(C2=NC(C)(C(C)C)C(=O)N2)c1.Cc1ccc(C2=NC(C)(C(C)C)C(=O)N2)c(C(=O)O)c1.O=C1CC(C(=O)O)CC(=O)C1=C(O)C1CC1. The van der Waals surface area contributed by atoms with Crippen molar-refractivity contribution in [2.24, 2.45) is 33.7 Å². The molecule has 0 bridgehead atoms. The summed E-state index contributed by atoms with van der Waals surface area (Å²) in [5, 5.41) is 42.4. The minimum Gasteiger partial charge on any atom is -0.511 e. The normalized spacial score (nSPS) is 23.0. The van der Waals surface area contributed by atoms with Crippen molar-refractivity contribution in [2.75, 3.05) is 0 Å². The maximum atomic E-state index is 12.1. The molecule has 6 rings (SSSR count). The van der Waals surface area contributed by atoms with Crippen LogP contribution in [-0.4, -0.2) is 84.5 Å². The number of carboxylic acid groups (broad SMARTS) is 3. The van der Waals surface area contributed by atoms with E-state index in [0.717, 1.165) is 24.0 Å². The molecule has 6 N–H and O–H groups in total. The van der Waals surface area contributed by atoms with Crippen LogP contribution in [0.15, 0.2) is 57.7 Å². The first kappa shape index (κ1) is 42.7. The van der Waals surface area contributed by atoms with Gasteiger partial charge in [-0.05, 0) is 70.6 Å². The lowest BCUT2D eigenvalue weighted by atomic mass is 9.83. The number of aliphatic hydroxyl groups excluding tert-OH is 1. The van der Waals surface area contributed by atoms with Crippen molar-refractivity contribution in [1.82, 2.24) is 10.6 Å². The summed E-state index contributed by atoms with van der Waals surface area (Å²) in [7, 11) is 0. The predicted molar refractivity (Wildman–Crippen MR) is 205 cm³/mol. The van der Waals surface area contributed by atoms with Gasteiger partial charge >= 0.3 is 17.9 Å². The van der Waals surface area contributed by atoms with Gasteiger partial charge in [0.15, 0.2) is 11.6 Å². The van der Waals surface area contributed by atoms with Crippen LogP contribution in [-0.2, 0) is 24.0 Å². The van der Waals surface area contributed by atoms with Crippen molar-refractivity contribution in [2.45, 2.75) is 92.2 Å². The molecule has 2 aromatic rings. The first-order valence-electron chi connectivity index (χ1n) is 18.2. The number of ketones is 2. The number of nitrogens with zero attached hydrogens (tertiary/aromatic N) is 2. The number of aliphatic carboxylic acids is 1. The van der Waals surface area contributed by atoms with E-state index in [9.17, 15) is 48.9 Å². The van der Waals surface area contributed by atoms with Crippen LogP contribution in [0.5, 0.6) is 0 Å². The summed E-state index contributed by atoms with van der Waals surface area (Å²) < 4.78 is 0. The lowest BCUT2D eigenvalue weighted by Crippen LogP contribution is -2.41. The fraction of sp³-hybridized carbons (Fsp3) is 0.439.